The molecule has 4 atom stereocenters. The van der Waals surface area contributed by atoms with Crippen LogP contribution in [0.3, 0.4) is 0 Å². The van der Waals surface area contributed by atoms with E-state index in [1.807, 2.05) is 6.92 Å². The lowest BCUT2D eigenvalue weighted by molar-refractivity contribution is 0.0631. The second-order valence-electron chi connectivity index (χ2n) is 11.4. The van der Waals surface area contributed by atoms with E-state index >= 15 is 0 Å². The molecule has 2 aliphatic heterocycles. The number of carbonyl (C=O) groups is 3. The molecule has 9 heteroatoms. The number of phenols is 2. The zero-order chi connectivity index (χ0) is 30.0. The molecule has 0 spiro atoms. The van der Waals surface area contributed by atoms with Gasteiger partial charge < -0.3 is 25.7 Å². The Morgan fingerprint density at radius 1 is 0.929 bits per heavy atom. The van der Waals surface area contributed by atoms with Crippen molar-refractivity contribution < 1.29 is 29.0 Å². The molecule has 0 aliphatic carbocycles. The lowest BCUT2D eigenvalue weighted by Gasteiger charge is -2.44. The first kappa shape index (κ1) is 29.3. The number of phenolic OH excluding ortho intramolecular Hbond substituents is 2. The first-order chi connectivity index (χ1) is 20.1. The normalized spacial score (nSPS) is 22.9. The van der Waals surface area contributed by atoms with E-state index in [0.717, 1.165) is 19.4 Å². The molecule has 0 saturated carbocycles. The zero-order valence-corrected chi connectivity index (χ0v) is 23.7. The highest BCUT2D eigenvalue weighted by molar-refractivity contribution is 6.03. The summed E-state index contributed by atoms with van der Waals surface area (Å²) < 4.78 is 14.9. The topological polar surface area (TPSA) is 119 Å². The molecule has 8 nitrogen and oxygen atoms in total. The number of amides is 2. The lowest BCUT2D eigenvalue weighted by Crippen LogP contribution is -2.57. The minimum absolute atomic E-state index is 0.00439. The monoisotopic (exact) mass is 573 g/mol. The second kappa shape index (κ2) is 12.3. The summed E-state index contributed by atoms with van der Waals surface area (Å²) in [6.07, 6.45) is 1.95. The van der Waals surface area contributed by atoms with Gasteiger partial charge in [-0.15, -0.1) is 0 Å². The number of aromatic hydroxyl groups is 2. The minimum atomic E-state index is -0.919. The molecule has 220 valence electrons. The Balaban J connectivity index is 1.59. The lowest BCUT2D eigenvalue weighted by atomic mass is 9.68. The van der Waals surface area contributed by atoms with Crippen LogP contribution in [0.5, 0.6) is 11.5 Å². The summed E-state index contributed by atoms with van der Waals surface area (Å²) >= 11 is 0. The maximum absolute atomic E-state index is 14.9. The fourth-order valence-corrected chi connectivity index (χ4v) is 6.40. The number of carbonyl (C=O) groups excluding carboxylic acids is 3. The molecular weight excluding hydrogens is 537 g/mol. The first-order valence-electron chi connectivity index (χ1n) is 14.3. The number of nitrogens with one attached hydrogen (secondary N) is 2. The average molecular weight is 574 g/mol. The Morgan fingerprint density at radius 2 is 1.50 bits per heavy atom. The molecule has 3 aromatic rings. The van der Waals surface area contributed by atoms with E-state index in [1.54, 1.807) is 43.3 Å². The average Bonchev–Trinajstić information content (AvgIpc) is 3.53. The van der Waals surface area contributed by atoms with Crippen LogP contribution in [0, 0.1) is 24.6 Å². The third-order valence-electron chi connectivity index (χ3n) is 8.65. The fraction of sp³-hybridized carbons (Fsp3) is 0.364. The molecule has 2 fully saturated rings. The van der Waals surface area contributed by atoms with Crippen molar-refractivity contribution in [3.05, 3.63) is 94.8 Å². The number of likely N-dealkylation sites (tertiary alicyclic amines) is 1. The molecule has 2 saturated heterocycles. The summed E-state index contributed by atoms with van der Waals surface area (Å²) in [5, 5.41) is 26.7. The summed E-state index contributed by atoms with van der Waals surface area (Å²) in [5.74, 6) is -3.98. The Bertz CT molecular complexity index is 1420. The van der Waals surface area contributed by atoms with Crippen molar-refractivity contribution in [1.82, 2.24) is 15.5 Å². The first-order valence-corrected chi connectivity index (χ1v) is 14.3. The highest BCUT2D eigenvalue weighted by Crippen LogP contribution is 2.43. The number of ketones is 2. The van der Waals surface area contributed by atoms with Crippen LogP contribution in [0.25, 0.3) is 0 Å². The maximum atomic E-state index is 14.9. The zero-order valence-electron chi connectivity index (χ0n) is 23.7. The van der Waals surface area contributed by atoms with Gasteiger partial charge in [-0.3, -0.25) is 9.59 Å². The minimum Gasteiger partial charge on any atom is -0.508 e. The highest BCUT2D eigenvalue weighted by Gasteiger charge is 2.47. The van der Waals surface area contributed by atoms with Crippen molar-refractivity contribution in [2.75, 3.05) is 19.6 Å². The maximum Gasteiger partial charge on any atom is 0.317 e. The van der Waals surface area contributed by atoms with Crippen molar-refractivity contribution in [3.63, 3.8) is 0 Å². The summed E-state index contributed by atoms with van der Waals surface area (Å²) in [7, 11) is 0. The Morgan fingerprint density at radius 3 is 2.02 bits per heavy atom. The van der Waals surface area contributed by atoms with Crippen LogP contribution in [0.1, 0.15) is 57.5 Å². The fourth-order valence-electron chi connectivity index (χ4n) is 6.40. The molecule has 0 aromatic heterocycles. The second-order valence-corrected chi connectivity index (χ2v) is 11.4. The molecule has 4 N–H and O–H groups in total. The molecule has 42 heavy (non-hydrogen) atoms. The van der Waals surface area contributed by atoms with Gasteiger partial charge in [0.1, 0.15) is 17.3 Å². The number of hydrogen-bond acceptors (Lipinski definition) is 6. The number of urea groups is 1. The van der Waals surface area contributed by atoms with Crippen LogP contribution in [0.15, 0.2) is 66.7 Å². The van der Waals surface area contributed by atoms with Crippen molar-refractivity contribution in [3.8, 4) is 11.5 Å². The number of benzene rings is 3. The molecule has 2 aliphatic rings. The number of hydrogen-bond donors (Lipinski definition) is 4. The van der Waals surface area contributed by atoms with Crippen LogP contribution >= 0.6 is 0 Å². The smallest absolute Gasteiger partial charge is 0.317 e. The van der Waals surface area contributed by atoms with Gasteiger partial charge in [0, 0.05) is 54.1 Å². The van der Waals surface area contributed by atoms with Gasteiger partial charge in [-0.1, -0.05) is 36.4 Å². The number of piperidine rings is 1. The summed E-state index contributed by atoms with van der Waals surface area (Å²) in [5.41, 5.74) is 1.29. The molecule has 5 rings (SSSR count). The van der Waals surface area contributed by atoms with Crippen LogP contribution in [0.2, 0.25) is 0 Å². The van der Waals surface area contributed by atoms with E-state index in [9.17, 15) is 29.0 Å². The number of rotatable bonds is 7. The summed E-state index contributed by atoms with van der Waals surface area (Å²) in [4.78, 5) is 43.5. The van der Waals surface area contributed by atoms with Crippen molar-refractivity contribution in [1.29, 1.82) is 0 Å². The van der Waals surface area contributed by atoms with Gasteiger partial charge in [-0.25, -0.2) is 9.18 Å². The molecule has 2 heterocycles. The van der Waals surface area contributed by atoms with Crippen molar-refractivity contribution in [2.45, 2.75) is 44.7 Å². The van der Waals surface area contributed by atoms with E-state index in [0.29, 0.717) is 11.1 Å². The van der Waals surface area contributed by atoms with Gasteiger partial charge in [-0.05, 0) is 74.7 Å². The van der Waals surface area contributed by atoms with Gasteiger partial charge in [0.05, 0.1) is 0 Å². The van der Waals surface area contributed by atoms with Gasteiger partial charge >= 0.3 is 6.03 Å². The van der Waals surface area contributed by atoms with E-state index in [1.165, 1.54) is 35.2 Å². The van der Waals surface area contributed by atoms with E-state index < -0.39 is 29.6 Å². The SMILES string of the molecule is Cc1c(F)cccc1C1C(C(=O)c2cccc(O)c2)CN(C(=O)NC(C)C2CCCN2)CC1C(=O)c1cccc(O)c1. The quantitative estimate of drug-likeness (QED) is 0.302. The van der Waals surface area contributed by atoms with E-state index in [2.05, 4.69) is 10.6 Å². The third kappa shape index (κ3) is 6.01. The summed E-state index contributed by atoms with van der Waals surface area (Å²) in [6.45, 7) is 4.41. The third-order valence-corrected chi connectivity index (χ3v) is 8.65. The van der Waals surface area contributed by atoms with E-state index in [4.69, 9.17) is 0 Å². The Labute approximate surface area is 244 Å². The highest BCUT2D eigenvalue weighted by atomic mass is 19.1. The molecule has 0 radical (unpaired) electrons. The van der Waals surface area contributed by atoms with Crippen molar-refractivity contribution >= 4 is 17.6 Å². The number of nitrogens with zero attached hydrogens (tertiary/aromatic N) is 1. The van der Waals surface area contributed by atoms with Crippen LogP contribution < -0.4 is 10.6 Å². The van der Waals surface area contributed by atoms with Gasteiger partial charge in [0.2, 0.25) is 0 Å². The number of halogens is 1. The molecular formula is C33H36FN3O5. The largest absolute Gasteiger partial charge is 0.508 e. The van der Waals surface area contributed by atoms with Crippen molar-refractivity contribution in [2.24, 2.45) is 11.8 Å². The van der Waals surface area contributed by atoms with Gasteiger partial charge in [0.15, 0.2) is 11.6 Å². The van der Waals surface area contributed by atoms with Gasteiger partial charge in [0.25, 0.3) is 0 Å². The van der Waals surface area contributed by atoms with Crippen LogP contribution in [-0.4, -0.2) is 64.4 Å². The molecule has 0 bridgehead atoms. The predicted molar refractivity (Wildman–Crippen MR) is 156 cm³/mol. The predicted octanol–water partition coefficient (Wildman–Crippen LogP) is 4.79. The standard InChI is InChI=1S/C33H36FN3O5/c1-19-25(11-5-12-28(19)34)30-26(31(40)21-7-3-9-23(38)15-21)17-37(33(42)36-20(2)29-13-6-14-35-29)18-27(30)32(41)22-8-4-10-24(39)16-22/h3-5,7-12,15-16,20,26-27,29-30,35,38-39H,6,13-14,17-18H2,1-2H3,(H,36,42). The van der Waals surface area contributed by atoms with E-state index in [-0.39, 0.29) is 59.4 Å². The van der Waals surface area contributed by atoms with Crippen LogP contribution in [0.4, 0.5) is 9.18 Å². The molecule has 2 amide bonds. The molecule has 3 aromatic carbocycles. The van der Waals surface area contributed by atoms with Gasteiger partial charge in [-0.2, -0.15) is 0 Å². The summed E-state index contributed by atoms with van der Waals surface area (Å²) in [6, 6.07) is 16.1. The number of Topliss-reactive ketones (excluding diaryl/α,β-unsaturated/α-hetero) is 2. The Hall–Kier alpha value is -4.24. The Kier molecular flexibility index (Phi) is 8.59. The molecule has 4 unspecified atom stereocenters. The van der Waals surface area contributed by atoms with Crippen LogP contribution in [-0.2, 0) is 0 Å².